The van der Waals surface area contributed by atoms with Crippen LogP contribution in [0.3, 0.4) is 0 Å². The zero-order chi connectivity index (χ0) is 22.6. The standard InChI is InChI=1S/C19H12F6N2O2S/c1-3-9-27(17(28)16-12(20)5-4-6-13(16)21)18(29)26(2)15-8-7-11(10-14(15)22)30-19(23,24)25/h1,4-8,10H,9H2,2H3. The summed E-state index contributed by atoms with van der Waals surface area (Å²) >= 11 is -0.554. The maximum atomic E-state index is 14.3. The second kappa shape index (κ2) is 9.13. The number of terminal acetylenes is 1. The van der Waals surface area contributed by atoms with Gasteiger partial charge in [0.25, 0.3) is 5.91 Å². The lowest BCUT2D eigenvalue weighted by Gasteiger charge is -2.26. The molecule has 0 spiro atoms. The van der Waals surface area contributed by atoms with E-state index >= 15 is 0 Å². The van der Waals surface area contributed by atoms with E-state index in [0.29, 0.717) is 15.9 Å². The number of hydrogen-bond acceptors (Lipinski definition) is 3. The summed E-state index contributed by atoms with van der Waals surface area (Å²) < 4.78 is 79.4. The van der Waals surface area contributed by atoms with Gasteiger partial charge in [-0.1, -0.05) is 12.0 Å². The fraction of sp³-hybridized carbons (Fsp3) is 0.158. The van der Waals surface area contributed by atoms with Crippen LogP contribution in [0.25, 0.3) is 0 Å². The fourth-order valence-electron chi connectivity index (χ4n) is 2.40. The Kier molecular flexibility index (Phi) is 7.04. The second-order valence-corrected chi connectivity index (χ2v) is 6.83. The van der Waals surface area contributed by atoms with Crippen molar-refractivity contribution >= 4 is 29.4 Å². The number of benzene rings is 2. The number of halogens is 6. The molecular formula is C19H12F6N2O2S. The van der Waals surface area contributed by atoms with Gasteiger partial charge in [-0.15, -0.1) is 6.42 Å². The Morgan fingerprint density at radius 2 is 1.67 bits per heavy atom. The molecule has 11 heteroatoms. The summed E-state index contributed by atoms with van der Waals surface area (Å²) in [4.78, 5) is 25.6. The Hall–Kier alpha value is -3.13. The SMILES string of the molecule is C#CCN(C(=O)c1c(F)cccc1F)C(=O)N(C)c1ccc(SC(F)(F)F)cc1F. The average molecular weight is 446 g/mol. The lowest BCUT2D eigenvalue weighted by molar-refractivity contribution is -0.0328. The van der Waals surface area contributed by atoms with E-state index in [2.05, 4.69) is 0 Å². The van der Waals surface area contributed by atoms with Gasteiger partial charge in [-0.3, -0.25) is 9.69 Å². The number of carbonyl (C=O) groups is 2. The maximum Gasteiger partial charge on any atom is 0.446 e. The van der Waals surface area contributed by atoms with Gasteiger partial charge in [-0.25, -0.2) is 22.9 Å². The Labute approximate surface area is 171 Å². The highest BCUT2D eigenvalue weighted by atomic mass is 32.2. The van der Waals surface area contributed by atoms with Crippen molar-refractivity contribution in [1.29, 1.82) is 0 Å². The lowest BCUT2D eigenvalue weighted by Crippen LogP contribution is -2.45. The highest BCUT2D eigenvalue weighted by Gasteiger charge is 2.32. The predicted molar refractivity (Wildman–Crippen MR) is 98.3 cm³/mol. The monoisotopic (exact) mass is 446 g/mol. The first kappa shape index (κ1) is 23.2. The third-order valence-electron chi connectivity index (χ3n) is 3.70. The molecule has 0 bridgehead atoms. The third-order valence-corrected chi connectivity index (χ3v) is 4.42. The quantitative estimate of drug-likeness (QED) is 0.375. The molecule has 0 aliphatic rings. The van der Waals surface area contributed by atoms with Crippen LogP contribution >= 0.6 is 11.8 Å². The molecule has 2 aromatic carbocycles. The summed E-state index contributed by atoms with van der Waals surface area (Å²) in [5, 5.41) is 0. The van der Waals surface area contributed by atoms with Crippen molar-refractivity contribution in [2.75, 3.05) is 18.5 Å². The first-order chi connectivity index (χ1) is 14.0. The lowest BCUT2D eigenvalue weighted by atomic mass is 10.1. The van der Waals surface area contributed by atoms with Gasteiger partial charge in [0.15, 0.2) is 0 Å². The summed E-state index contributed by atoms with van der Waals surface area (Å²) in [6.07, 6.45) is 5.12. The molecule has 0 N–H and O–H groups in total. The van der Waals surface area contributed by atoms with E-state index in [1.807, 2.05) is 5.92 Å². The van der Waals surface area contributed by atoms with Crippen molar-refractivity contribution in [3.8, 4) is 12.3 Å². The molecule has 0 fully saturated rings. The van der Waals surface area contributed by atoms with E-state index in [1.54, 1.807) is 0 Å². The van der Waals surface area contributed by atoms with Crippen LogP contribution < -0.4 is 4.90 Å². The molecule has 0 aliphatic heterocycles. The van der Waals surface area contributed by atoms with E-state index in [1.165, 1.54) is 0 Å². The molecular weight excluding hydrogens is 434 g/mol. The normalized spacial score (nSPS) is 11.0. The van der Waals surface area contributed by atoms with Crippen LogP contribution in [-0.4, -0.2) is 35.9 Å². The number of alkyl halides is 3. The molecule has 0 heterocycles. The number of thioether (sulfide) groups is 1. The summed E-state index contributed by atoms with van der Waals surface area (Å²) in [5.74, 6) is -3.08. The molecule has 4 nitrogen and oxygen atoms in total. The Morgan fingerprint density at radius 3 is 2.17 bits per heavy atom. The molecule has 158 valence electrons. The van der Waals surface area contributed by atoms with Crippen LogP contribution in [0.15, 0.2) is 41.3 Å². The maximum absolute atomic E-state index is 14.3. The van der Waals surface area contributed by atoms with Crippen molar-refractivity contribution in [3.63, 3.8) is 0 Å². The van der Waals surface area contributed by atoms with E-state index in [0.717, 1.165) is 37.4 Å². The minimum Gasteiger partial charge on any atom is -0.294 e. The highest BCUT2D eigenvalue weighted by molar-refractivity contribution is 8.00. The molecule has 3 amide bonds. The van der Waals surface area contributed by atoms with E-state index in [4.69, 9.17) is 6.42 Å². The van der Waals surface area contributed by atoms with Crippen LogP contribution in [0.4, 0.5) is 36.8 Å². The molecule has 0 radical (unpaired) electrons. The molecule has 0 aliphatic carbocycles. The summed E-state index contributed by atoms with van der Waals surface area (Å²) in [5.41, 5.74) is -6.16. The number of rotatable bonds is 4. The van der Waals surface area contributed by atoms with Gasteiger partial charge >= 0.3 is 11.5 Å². The van der Waals surface area contributed by atoms with Crippen molar-refractivity contribution in [3.05, 3.63) is 59.4 Å². The first-order valence-corrected chi connectivity index (χ1v) is 8.80. The number of amides is 3. The van der Waals surface area contributed by atoms with Crippen LogP contribution in [0.1, 0.15) is 10.4 Å². The van der Waals surface area contributed by atoms with Crippen molar-refractivity contribution in [1.82, 2.24) is 4.90 Å². The molecule has 0 atom stereocenters. The smallest absolute Gasteiger partial charge is 0.294 e. The first-order valence-electron chi connectivity index (χ1n) is 7.98. The molecule has 2 aromatic rings. The Balaban J connectivity index is 2.36. The second-order valence-electron chi connectivity index (χ2n) is 5.69. The largest absolute Gasteiger partial charge is 0.446 e. The van der Waals surface area contributed by atoms with Crippen LogP contribution in [0.2, 0.25) is 0 Å². The van der Waals surface area contributed by atoms with Gasteiger partial charge in [0, 0.05) is 11.9 Å². The molecule has 0 unspecified atom stereocenters. The molecule has 2 rings (SSSR count). The number of hydrogen-bond donors (Lipinski definition) is 0. The van der Waals surface area contributed by atoms with Gasteiger partial charge in [0.2, 0.25) is 0 Å². The van der Waals surface area contributed by atoms with Gasteiger partial charge in [0.1, 0.15) is 23.0 Å². The van der Waals surface area contributed by atoms with Crippen LogP contribution in [0.5, 0.6) is 0 Å². The number of carbonyl (C=O) groups excluding carboxylic acids is 2. The van der Waals surface area contributed by atoms with Crippen molar-refractivity contribution < 1.29 is 35.9 Å². The summed E-state index contributed by atoms with van der Waals surface area (Å²) in [7, 11) is 1.02. The number of nitrogens with zero attached hydrogens (tertiary/aromatic N) is 2. The number of urea groups is 1. The third kappa shape index (κ3) is 5.27. The minimum atomic E-state index is -4.64. The number of anilines is 1. The zero-order valence-electron chi connectivity index (χ0n) is 15.1. The summed E-state index contributed by atoms with van der Waals surface area (Å²) in [6.45, 7) is -0.695. The van der Waals surface area contributed by atoms with E-state index in [9.17, 15) is 35.9 Å². The van der Waals surface area contributed by atoms with Crippen molar-refractivity contribution in [2.24, 2.45) is 0 Å². The van der Waals surface area contributed by atoms with Gasteiger partial charge in [-0.05, 0) is 42.1 Å². The Bertz CT molecular complexity index is 999. The highest BCUT2D eigenvalue weighted by Crippen LogP contribution is 2.38. The predicted octanol–water partition coefficient (Wildman–Crippen LogP) is 5.05. The van der Waals surface area contributed by atoms with E-state index in [-0.39, 0.29) is 0 Å². The number of imide groups is 1. The van der Waals surface area contributed by atoms with Gasteiger partial charge in [0.05, 0.1) is 12.2 Å². The molecule has 0 saturated heterocycles. The molecule has 30 heavy (non-hydrogen) atoms. The van der Waals surface area contributed by atoms with Crippen LogP contribution in [0, 0.1) is 29.8 Å². The van der Waals surface area contributed by atoms with Crippen LogP contribution in [-0.2, 0) is 0 Å². The van der Waals surface area contributed by atoms with Gasteiger partial charge in [-0.2, -0.15) is 13.2 Å². The fourth-order valence-corrected chi connectivity index (χ4v) is 2.96. The minimum absolute atomic E-state index is 0.305. The summed E-state index contributed by atoms with van der Waals surface area (Å²) in [6, 6.07) is 3.74. The Morgan fingerprint density at radius 1 is 1.07 bits per heavy atom. The van der Waals surface area contributed by atoms with Crippen molar-refractivity contribution in [2.45, 2.75) is 10.4 Å². The zero-order valence-corrected chi connectivity index (χ0v) is 16.0. The molecule has 0 aromatic heterocycles. The van der Waals surface area contributed by atoms with E-state index < -0.39 is 69.4 Å². The molecule has 0 saturated carbocycles. The topological polar surface area (TPSA) is 40.6 Å². The van der Waals surface area contributed by atoms with Gasteiger partial charge < -0.3 is 0 Å². The average Bonchev–Trinajstić information content (AvgIpc) is 2.63.